The first-order valence-electron chi connectivity index (χ1n) is 6.88. The number of rotatable bonds is 6. The Morgan fingerprint density at radius 3 is 2.78 bits per heavy atom. The number of nitro groups is 1. The fourth-order valence-electron chi connectivity index (χ4n) is 2.14. The van der Waals surface area contributed by atoms with E-state index >= 15 is 0 Å². The molecule has 23 heavy (non-hydrogen) atoms. The molecule has 0 atom stereocenters. The second kappa shape index (κ2) is 7.22. The molecule has 0 saturated carbocycles. The highest BCUT2D eigenvalue weighted by Gasteiger charge is 2.12. The number of non-ortho nitro benzene ring substituents is 1. The maximum absolute atomic E-state index is 12.3. The fraction of sp³-hybridized carbons (Fsp3) is 0.118. The predicted octanol–water partition coefficient (Wildman–Crippen LogP) is 3.58. The van der Waals surface area contributed by atoms with Crippen molar-refractivity contribution >= 4 is 17.3 Å². The van der Waals surface area contributed by atoms with Crippen LogP contribution in [0.25, 0.3) is 0 Å². The summed E-state index contributed by atoms with van der Waals surface area (Å²) in [6.07, 6.45) is 2.29. The number of amides is 1. The van der Waals surface area contributed by atoms with Crippen LogP contribution in [0.2, 0.25) is 0 Å². The first-order valence-corrected chi connectivity index (χ1v) is 6.88. The minimum Gasteiger partial charge on any atom is -0.496 e. The van der Waals surface area contributed by atoms with Crippen LogP contribution in [-0.2, 0) is 6.42 Å². The van der Waals surface area contributed by atoms with Crippen LogP contribution in [0.1, 0.15) is 15.9 Å². The summed E-state index contributed by atoms with van der Waals surface area (Å²) in [5.74, 6) is 0.329. The van der Waals surface area contributed by atoms with Gasteiger partial charge in [-0.15, -0.1) is 6.58 Å². The molecule has 0 fully saturated rings. The molecule has 0 heterocycles. The average molecular weight is 312 g/mol. The number of nitrogens with zero attached hydrogens (tertiary/aromatic N) is 1. The topological polar surface area (TPSA) is 81.5 Å². The van der Waals surface area contributed by atoms with Crippen LogP contribution in [0.15, 0.2) is 55.1 Å². The summed E-state index contributed by atoms with van der Waals surface area (Å²) in [5.41, 5.74) is 1.57. The molecule has 118 valence electrons. The zero-order valence-electron chi connectivity index (χ0n) is 12.6. The van der Waals surface area contributed by atoms with Crippen molar-refractivity contribution in [1.82, 2.24) is 0 Å². The van der Waals surface area contributed by atoms with Crippen LogP contribution in [0.4, 0.5) is 11.4 Å². The average Bonchev–Trinajstić information content (AvgIpc) is 2.55. The van der Waals surface area contributed by atoms with E-state index in [1.54, 1.807) is 37.5 Å². The third kappa shape index (κ3) is 3.94. The first-order chi connectivity index (χ1) is 11.0. The van der Waals surface area contributed by atoms with Gasteiger partial charge in [0.1, 0.15) is 5.75 Å². The van der Waals surface area contributed by atoms with Crippen molar-refractivity contribution in [3.63, 3.8) is 0 Å². The molecule has 6 heteroatoms. The summed E-state index contributed by atoms with van der Waals surface area (Å²) in [7, 11) is 1.56. The van der Waals surface area contributed by atoms with Gasteiger partial charge in [-0.3, -0.25) is 14.9 Å². The number of nitro benzene ring substituents is 1. The molecule has 0 aliphatic rings. The Morgan fingerprint density at radius 2 is 2.13 bits per heavy atom. The number of methoxy groups -OCH3 is 1. The second-order valence-electron chi connectivity index (χ2n) is 4.78. The summed E-state index contributed by atoms with van der Waals surface area (Å²) in [4.78, 5) is 22.6. The van der Waals surface area contributed by atoms with Gasteiger partial charge >= 0.3 is 0 Å². The smallest absolute Gasteiger partial charge is 0.271 e. The van der Waals surface area contributed by atoms with E-state index < -0.39 is 4.92 Å². The summed E-state index contributed by atoms with van der Waals surface area (Å²) >= 11 is 0. The monoisotopic (exact) mass is 312 g/mol. The number of carbonyl (C=O) groups excluding carboxylic acids is 1. The molecule has 6 nitrogen and oxygen atoms in total. The number of anilines is 1. The van der Waals surface area contributed by atoms with Gasteiger partial charge in [0, 0.05) is 23.4 Å². The molecule has 2 aromatic rings. The van der Waals surface area contributed by atoms with Gasteiger partial charge in [0.15, 0.2) is 0 Å². The molecule has 0 aliphatic carbocycles. The zero-order chi connectivity index (χ0) is 16.8. The van der Waals surface area contributed by atoms with Gasteiger partial charge in [0.25, 0.3) is 11.6 Å². The lowest BCUT2D eigenvalue weighted by atomic mass is 10.1. The molecule has 0 aromatic heterocycles. The molecule has 0 aliphatic heterocycles. The molecule has 0 saturated heterocycles. The highest BCUT2D eigenvalue weighted by atomic mass is 16.6. The third-order valence-corrected chi connectivity index (χ3v) is 3.22. The van der Waals surface area contributed by atoms with Gasteiger partial charge in [-0.05, 0) is 36.2 Å². The number of hydrogen-bond donors (Lipinski definition) is 1. The lowest BCUT2D eigenvalue weighted by Crippen LogP contribution is -2.12. The van der Waals surface area contributed by atoms with Gasteiger partial charge in [0.05, 0.1) is 12.0 Å². The van der Waals surface area contributed by atoms with E-state index in [2.05, 4.69) is 11.9 Å². The number of allylic oxidation sites excluding steroid dienone is 1. The Morgan fingerprint density at radius 1 is 1.35 bits per heavy atom. The summed E-state index contributed by atoms with van der Waals surface area (Å²) < 4.78 is 5.24. The molecule has 1 N–H and O–H groups in total. The second-order valence-corrected chi connectivity index (χ2v) is 4.78. The largest absolute Gasteiger partial charge is 0.496 e. The van der Waals surface area contributed by atoms with Gasteiger partial charge in [-0.1, -0.05) is 12.1 Å². The van der Waals surface area contributed by atoms with Crippen molar-refractivity contribution in [3.8, 4) is 5.75 Å². The molecule has 1 amide bonds. The van der Waals surface area contributed by atoms with E-state index in [-0.39, 0.29) is 11.6 Å². The van der Waals surface area contributed by atoms with E-state index in [4.69, 9.17) is 4.74 Å². The number of nitrogens with one attached hydrogen (secondary N) is 1. The molecule has 2 rings (SSSR count). The van der Waals surface area contributed by atoms with E-state index in [9.17, 15) is 14.9 Å². The fourth-order valence-corrected chi connectivity index (χ4v) is 2.14. The van der Waals surface area contributed by atoms with Crippen LogP contribution in [-0.4, -0.2) is 17.9 Å². The summed E-state index contributed by atoms with van der Waals surface area (Å²) in [5, 5.41) is 13.4. The van der Waals surface area contributed by atoms with Gasteiger partial charge < -0.3 is 10.1 Å². The molecule has 2 aromatic carbocycles. The van der Waals surface area contributed by atoms with Crippen molar-refractivity contribution in [3.05, 3.63) is 76.4 Å². The third-order valence-electron chi connectivity index (χ3n) is 3.22. The lowest BCUT2D eigenvalue weighted by molar-refractivity contribution is -0.384. The van der Waals surface area contributed by atoms with Crippen molar-refractivity contribution in [1.29, 1.82) is 0 Å². The van der Waals surface area contributed by atoms with Crippen LogP contribution in [0.5, 0.6) is 5.75 Å². The minimum atomic E-state index is -0.509. The van der Waals surface area contributed by atoms with Gasteiger partial charge in [0.2, 0.25) is 0 Å². The normalized spacial score (nSPS) is 9.96. The molecule has 0 unspecified atom stereocenters. The maximum Gasteiger partial charge on any atom is 0.271 e. The lowest BCUT2D eigenvalue weighted by Gasteiger charge is -2.10. The summed E-state index contributed by atoms with van der Waals surface area (Å²) in [6, 6.07) is 10.9. The van der Waals surface area contributed by atoms with E-state index in [1.165, 1.54) is 18.2 Å². The number of benzene rings is 2. The minimum absolute atomic E-state index is 0.0788. The highest BCUT2D eigenvalue weighted by molar-refractivity contribution is 6.04. The molecule has 0 bridgehead atoms. The van der Waals surface area contributed by atoms with Crippen LogP contribution in [0, 0.1) is 10.1 Å². The Bertz CT molecular complexity index is 756. The van der Waals surface area contributed by atoms with E-state index in [1.807, 2.05) is 0 Å². The van der Waals surface area contributed by atoms with Crippen LogP contribution < -0.4 is 10.1 Å². The number of ether oxygens (including phenoxy) is 1. The number of carbonyl (C=O) groups is 1. The van der Waals surface area contributed by atoms with Crippen LogP contribution >= 0.6 is 0 Å². The number of hydrogen-bond acceptors (Lipinski definition) is 4. The van der Waals surface area contributed by atoms with E-state index in [0.717, 1.165) is 5.56 Å². The van der Waals surface area contributed by atoms with Gasteiger partial charge in [-0.25, -0.2) is 0 Å². The molecule has 0 radical (unpaired) electrons. The zero-order valence-corrected chi connectivity index (χ0v) is 12.6. The predicted molar refractivity (Wildman–Crippen MR) is 87.9 cm³/mol. The van der Waals surface area contributed by atoms with Gasteiger partial charge in [-0.2, -0.15) is 0 Å². The summed E-state index contributed by atoms with van der Waals surface area (Å²) in [6.45, 7) is 3.68. The quantitative estimate of drug-likeness (QED) is 0.502. The van der Waals surface area contributed by atoms with Crippen molar-refractivity contribution in [2.24, 2.45) is 0 Å². The van der Waals surface area contributed by atoms with Crippen molar-refractivity contribution in [2.75, 3.05) is 12.4 Å². The Labute approximate surface area is 133 Å². The van der Waals surface area contributed by atoms with Crippen molar-refractivity contribution in [2.45, 2.75) is 6.42 Å². The maximum atomic E-state index is 12.3. The molecular formula is C17H16N2O4. The Kier molecular flexibility index (Phi) is 5.09. The van der Waals surface area contributed by atoms with Crippen LogP contribution in [0.3, 0.4) is 0 Å². The Balaban J connectivity index is 2.23. The standard InChI is InChI=1S/C17H16N2O4/c1-3-5-12-10-13(8-9-16(12)23-2)17(20)18-14-6-4-7-15(11-14)19(21)22/h3-4,6-11H,1,5H2,2H3,(H,18,20). The Hall–Kier alpha value is -3.15. The molecular weight excluding hydrogens is 296 g/mol. The highest BCUT2D eigenvalue weighted by Crippen LogP contribution is 2.22. The SMILES string of the molecule is C=CCc1cc(C(=O)Nc2cccc([N+](=O)[O-])c2)ccc1OC. The first kappa shape index (κ1) is 16.2. The van der Waals surface area contributed by atoms with E-state index in [0.29, 0.717) is 23.4 Å². The van der Waals surface area contributed by atoms with Crippen molar-refractivity contribution < 1.29 is 14.5 Å². The molecule has 0 spiro atoms.